The van der Waals surface area contributed by atoms with Crippen LogP contribution in [0.3, 0.4) is 0 Å². The molecule has 0 saturated heterocycles. The van der Waals surface area contributed by atoms with Crippen molar-refractivity contribution in [3.05, 3.63) is 53.1 Å². The van der Waals surface area contributed by atoms with E-state index in [9.17, 15) is 4.79 Å². The van der Waals surface area contributed by atoms with E-state index in [4.69, 9.17) is 16.3 Å². The first-order chi connectivity index (χ1) is 9.60. The average Bonchev–Trinajstić information content (AvgIpc) is 2.47. The van der Waals surface area contributed by atoms with Crippen LogP contribution in [-0.4, -0.2) is 23.0 Å². The molecule has 0 bridgehead atoms. The van der Waals surface area contributed by atoms with Crippen molar-refractivity contribution in [3.8, 4) is 5.75 Å². The number of halogens is 1. The lowest BCUT2D eigenvalue weighted by Gasteiger charge is -2.14. The van der Waals surface area contributed by atoms with E-state index >= 15 is 0 Å². The van der Waals surface area contributed by atoms with E-state index in [0.29, 0.717) is 0 Å². The number of nitrogens with zero attached hydrogens (tertiary/aromatic N) is 2. The molecule has 1 aromatic heterocycles. The Kier molecular flexibility index (Phi) is 4.53. The second kappa shape index (κ2) is 6.34. The van der Waals surface area contributed by atoms with E-state index in [1.54, 1.807) is 7.11 Å². The highest BCUT2D eigenvalue weighted by Crippen LogP contribution is 2.19. The first kappa shape index (κ1) is 14.3. The van der Waals surface area contributed by atoms with Gasteiger partial charge < -0.3 is 10.1 Å². The molecule has 0 aliphatic heterocycles. The van der Waals surface area contributed by atoms with Crippen molar-refractivity contribution in [1.29, 1.82) is 0 Å². The van der Waals surface area contributed by atoms with Crippen LogP contribution in [0.1, 0.15) is 29.0 Å². The Hall–Kier alpha value is -2.14. The number of rotatable bonds is 4. The zero-order chi connectivity index (χ0) is 14.5. The summed E-state index contributed by atoms with van der Waals surface area (Å²) in [5, 5.41) is 3.10. The summed E-state index contributed by atoms with van der Waals surface area (Å²) >= 11 is 5.63. The number of nitrogens with one attached hydrogen (secondary N) is 1. The van der Waals surface area contributed by atoms with Crippen molar-refractivity contribution in [2.45, 2.75) is 13.0 Å². The molecule has 0 aliphatic carbocycles. The molecule has 0 radical (unpaired) electrons. The largest absolute Gasteiger partial charge is 0.497 e. The lowest BCUT2D eigenvalue weighted by Crippen LogP contribution is -2.27. The third kappa shape index (κ3) is 3.45. The summed E-state index contributed by atoms with van der Waals surface area (Å²) in [5.74, 6) is 0.444. The van der Waals surface area contributed by atoms with Gasteiger partial charge in [-0.05, 0) is 24.6 Å². The van der Waals surface area contributed by atoms with Gasteiger partial charge in [0.25, 0.3) is 5.91 Å². The fraction of sp³-hybridized carbons (Fsp3) is 0.214. The van der Waals surface area contributed by atoms with Gasteiger partial charge in [-0.1, -0.05) is 23.7 Å². The molecule has 0 saturated carbocycles. The maximum absolute atomic E-state index is 12.0. The fourth-order valence-corrected chi connectivity index (χ4v) is 1.79. The Bertz CT molecular complexity index is 602. The predicted octanol–water partition coefficient (Wildman–Crippen LogP) is 2.63. The van der Waals surface area contributed by atoms with Crippen molar-refractivity contribution >= 4 is 17.5 Å². The number of methoxy groups -OCH3 is 1. The third-order valence-corrected chi connectivity index (χ3v) is 2.99. The second-order valence-electron chi connectivity index (χ2n) is 4.20. The Balaban J connectivity index is 2.08. The van der Waals surface area contributed by atoms with Crippen LogP contribution in [0.25, 0.3) is 0 Å². The van der Waals surface area contributed by atoms with E-state index in [2.05, 4.69) is 15.3 Å². The molecule has 0 fully saturated rings. The minimum absolute atomic E-state index is 0.171. The zero-order valence-corrected chi connectivity index (χ0v) is 11.9. The smallest absolute Gasteiger partial charge is 0.271 e. The van der Waals surface area contributed by atoms with E-state index in [0.717, 1.165) is 11.3 Å². The van der Waals surface area contributed by atoms with Gasteiger partial charge in [0.15, 0.2) is 0 Å². The average molecular weight is 292 g/mol. The summed E-state index contributed by atoms with van der Waals surface area (Å²) in [6.07, 6.45) is 2.68. The lowest BCUT2D eigenvalue weighted by molar-refractivity contribution is 0.0934. The highest BCUT2D eigenvalue weighted by Gasteiger charge is 2.13. The molecule has 2 aromatic rings. The molecule has 6 heteroatoms. The van der Waals surface area contributed by atoms with Crippen molar-refractivity contribution in [2.75, 3.05) is 7.11 Å². The SMILES string of the molecule is COc1cccc(C(C)NC(=O)c2cnc(Cl)cn2)c1. The molecule has 0 aliphatic rings. The number of aromatic nitrogens is 2. The summed E-state index contributed by atoms with van der Waals surface area (Å²) in [6, 6.07) is 7.34. The van der Waals surface area contributed by atoms with Crippen LogP contribution >= 0.6 is 11.6 Å². The number of ether oxygens (including phenoxy) is 1. The summed E-state index contributed by atoms with van der Waals surface area (Å²) in [6.45, 7) is 1.88. The van der Waals surface area contributed by atoms with Crippen molar-refractivity contribution in [3.63, 3.8) is 0 Å². The van der Waals surface area contributed by atoms with Crippen molar-refractivity contribution < 1.29 is 9.53 Å². The van der Waals surface area contributed by atoms with Gasteiger partial charge in [-0.3, -0.25) is 4.79 Å². The Morgan fingerprint density at radius 1 is 1.35 bits per heavy atom. The summed E-state index contributed by atoms with van der Waals surface area (Å²) in [7, 11) is 1.60. The van der Waals surface area contributed by atoms with Crippen molar-refractivity contribution in [1.82, 2.24) is 15.3 Å². The van der Waals surface area contributed by atoms with Crippen LogP contribution < -0.4 is 10.1 Å². The Morgan fingerprint density at radius 3 is 2.80 bits per heavy atom. The minimum atomic E-state index is -0.301. The van der Waals surface area contributed by atoms with Gasteiger partial charge in [-0.25, -0.2) is 9.97 Å². The molecule has 0 spiro atoms. The predicted molar refractivity (Wildman–Crippen MR) is 75.9 cm³/mol. The molecule has 1 amide bonds. The molecule has 5 nitrogen and oxygen atoms in total. The molecule has 1 N–H and O–H groups in total. The quantitative estimate of drug-likeness (QED) is 0.940. The topological polar surface area (TPSA) is 64.1 Å². The van der Waals surface area contributed by atoms with Crippen LogP contribution in [0.4, 0.5) is 0 Å². The first-order valence-corrected chi connectivity index (χ1v) is 6.40. The third-order valence-electron chi connectivity index (χ3n) is 2.79. The first-order valence-electron chi connectivity index (χ1n) is 6.02. The number of hydrogen-bond acceptors (Lipinski definition) is 4. The number of hydrogen-bond donors (Lipinski definition) is 1. The van der Waals surface area contributed by atoms with Crippen molar-refractivity contribution in [2.24, 2.45) is 0 Å². The molecule has 1 aromatic carbocycles. The second-order valence-corrected chi connectivity index (χ2v) is 4.58. The van der Waals surface area contributed by atoms with Crippen LogP contribution in [-0.2, 0) is 0 Å². The van der Waals surface area contributed by atoms with E-state index in [1.807, 2.05) is 31.2 Å². The standard InChI is InChI=1S/C14H14ClN3O2/c1-9(10-4-3-5-11(6-10)20-2)18-14(19)12-7-17-13(15)8-16-12/h3-9H,1-2H3,(H,18,19). The van der Waals surface area contributed by atoms with Gasteiger partial charge in [0.1, 0.15) is 16.6 Å². The molecule has 1 heterocycles. The molecule has 1 atom stereocenters. The molecule has 2 rings (SSSR count). The highest BCUT2D eigenvalue weighted by molar-refractivity contribution is 6.29. The van der Waals surface area contributed by atoms with Crippen LogP contribution in [0.2, 0.25) is 5.15 Å². The Morgan fingerprint density at radius 2 is 2.15 bits per heavy atom. The van der Waals surface area contributed by atoms with Gasteiger partial charge in [-0.15, -0.1) is 0 Å². The van der Waals surface area contributed by atoms with Gasteiger partial charge >= 0.3 is 0 Å². The van der Waals surface area contributed by atoms with Gasteiger partial charge in [-0.2, -0.15) is 0 Å². The van der Waals surface area contributed by atoms with E-state index in [1.165, 1.54) is 12.4 Å². The molecule has 104 valence electrons. The minimum Gasteiger partial charge on any atom is -0.497 e. The van der Waals surface area contributed by atoms with Crippen LogP contribution in [0.15, 0.2) is 36.7 Å². The molecular formula is C14H14ClN3O2. The molecular weight excluding hydrogens is 278 g/mol. The maximum Gasteiger partial charge on any atom is 0.271 e. The highest BCUT2D eigenvalue weighted by atomic mass is 35.5. The van der Waals surface area contributed by atoms with Crippen LogP contribution in [0, 0.1) is 0 Å². The van der Waals surface area contributed by atoms with Gasteiger partial charge in [0.05, 0.1) is 25.5 Å². The number of carbonyl (C=O) groups is 1. The van der Waals surface area contributed by atoms with E-state index in [-0.39, 0.29) is 22.8 Å². The molecule has 1 unspecified atom stereocenters. The van der Waals surface area contributed by atoms with Gasteiger partial charge in [0.2, 0.25) is 0 Å². The monoisotopic (exact) mass is 291 g/mol. The number of benzene rings is 1. The normalized spacial score (nSPS) is 11.8. The maximum atomic E-state index is 12.0. The van der Waals surface area contributed by atoms with Gasteiger partial charge in [0, 0.05) is 0 Å². The van der Waals surface area contributed by atoms with Crippen LogP contribution in [0.5, 0.6) is 5.75 Å². The zero-order valence-electron chi connectivity index (χ0n) is 11.1. The summed E-state index contributed by atoms with van der Waals surface area (Å²) in [5.41, 5.74) is 1.17. The lowest BCUT2D eigenvalue weighted by atomic mass is 10.1. The number of carbonyl (C=O) groups excluding carboxylic acids is 1. The molecule has 20 heavy (non-hydrogen) atoms. The number of amides is 1. The fourth-order valence-electron chi connectivity index (χ4n) is 1.69. The van der Waals surface area contributed by atoms with E-state index < -0.39 is 0 Å². The Labute approximate surface area is 122 Å². The summed E-state index contributed by atoms with van der Waals surface area (Å²) in [4.78, 5) is 19.8. The summed E-state index contributed by atoms with van der Waals surface area (Å²) < 4.78 is 5.16.